The molecule has 4 nitrogen and oxygen atoms in total. The molecule has 3 rings (SSSR count). The average molecular weight is 379 g/mol. The fourth-order valence-electron chi connectivity index (χ4n) is 2.69. The SMILES string of the molecule is CCc1ccccc1CSc1n[nH]c(=O)n1-c1ccccc1C(F)(F)F. The number of nitrogens with one attached hydrogen (secondary N) is 1. The molecule has 0 aliphatic rings. The largest absolute Gasteiger partial charge is 0.418 e. The summed E-state index contributed by atoms with van der Waals surface area (Å²) in [7, 11) is 0. The molecule has 0 amide bonds. The van der Waals surface area contributed by atoms with E-state index in [1.54, 1.807) is 0 Å². The number of aryl methyl sites for hydroxylation is 1. The van der Waals surface area contributed by atoms with Crippen LogP contribution in [0.3, 0.4) is 0 Å². The summed E-state index contributed by atoms with van der Waals surface area (Å²) in [4.78, 5) is 12.1. The summed E-state index contributed by atoms with van der Waals surface area (Å²) in [6.45, 7) is 2.04. The number of H-pyrrole nitrogens is 1. The van der Waals surface area contributed by atoms with Crippen LogP contribution >= 0.6 is 11.8 Å². The first-order chi connectivity index (χ1) is 12.4. The van der Waals surface area contributed by atoms with E-state index >= 15 is 0 Å². The van der Waals surface area contributed by atoms with Crippen molar-refractivity contribution in [1.82, 2.24) is 14.8 Å². The molecule has 0 fully saturated rings. The standard InChI is InChI=1S/C18H16F3N3OS/c1-2-12-7-3-4-8-13(12)11-26-17-23-22-16(25)24(17)15-10-6-5-9-14(15)18(19,20)21/h3-10H,2,11H2,1H3,(H,22,25). The first-order valence-electron chi connectivity index (χ1n) is 7.95. The van der Waals surface area contributed by atoms with Crippen molar-refractivity contribution in [3.05, 3.63) is 75.7 Å². The van der Waals surface area contributed by atoms with Crippen LogP contribution in [0.25, 0.3) is 5.69 Å². The Morgan fingerprint density at radius 2 is 1.73 bits per heavy atom. The molecular formula is C18H16F3N3OS. The normalized spacial score (nSPS) is 11.7. The summed E-state index contributed by atoms with van der Waals surface area (Å²) in [6.07, 6.45) is -3.72. The van der Waals surface area contributed by atoms with E-state index in [1.165, 1.54) is 30.0 Å². The Balaban J connectivity index is 1.98. The minimum Gasteiger partial charge on any atom is -0.246 e. The van der Waals surface area contributed by atoms with Gasteiger partial charge in [-0.05, 0) is 29.7 Å². The van der Waals surface area contributed by atoms with E-state index in [4.69, 9.17) is 0 Å². The zero-order chi connectivity index (χ0) is 18.7. The number of aromatic nitrogens is 3. The van der Waals surface area contributed by atoms with Crippen molar-refractivity contribution in [2.45, 2.75) is 30.4 Å². The van der Waals surface area contributed by atoms with E-state index < -0.39 is 17.4 Å². The van der Waals surface area contributed by atoms with E-state index in [9.17, 15) is 18.0 Å². The lowest BCUT2D eigenvalue weighted by atomic mass is 10.1. The van der Waals surface area contributed by atoms with Crippen molar-refractivity contribution in [3.8, 4) is 5.69 Å². The van der Waals surface area contributed by atoms with Crippen molar-refractivity contribution in [2.75, 3.05) is 0 Å². The molecule has 0 spiro atoms. The van der Waals surface area contributed by atoms with E-state index in [-0.39, 0.29) is 10.8 Å². The fourth-order valence-corrected chi connectivity index (χ4v) is 3.67. The number of hydrogen-bond donors (Lipinski definition) is 1. The molecule has 1 aromatic heterocycles. The molecule has 26 heavy (non-hydrogen) atoms. The molecule has 2 aromatic carbocycles. The molecule has 0 aliphatic carbocycles. The zero-order valence-corrected chi connectivity index (χ0v) is 14.7. The molecule has 0 atom stereocenters. The van der Waals surface area contributed by atoms with Gasteiger partial charge in [-0.15, -0.1) is 5.10 Å². The van der Waals surface area contributed by atoms with Gasteiger partial charge in [-0.2, -0.15) is 13.2 Å². The number of benzene rings is 2. The molecule has 0 aliphatic heterocycles. The van der Waals surface area contributed by atoms with Crippen molar-refractivity contribution in [1.29, 1.82) is 0 Å². The first-order valence-corrected chi connectivity index (χ1v) is 8.94. The van der Waals surface area contributed by atoms with E-state index in [0.29, 0.717) is 5.75 Å². The number of rotatable bonds is 5. The molecule has 0 unspecified atom stereocenters. The van der Waals surface area contributed by atoms with Gasteiger partial charge in [0, 0.05) is 5.75 Å². The maximum absolute atomic E-state index is 13.3. The lowest BCUT2D eigenvalue weighted by molar-refractivity contribution is -0.137. The third-order valence-electron chi connectivity index (χ3n) is 3.95. The lowest BCUT2D eigenvalue weighted by Gasteiger charge is -2.14. The van der Waals surface area contributed by atoms with Gasteiger partial charge in [0.1, 0.15) is 0 Å². The lowest BCUT2D eigenvalue weighted by Crippen LogP contribution is -2.20. The maximum atomic E-state index is 13.3. The van der Waals surface area contributed by atoms with E-state index in [0.717, 1.165) is 28.2 Å². The molecule has 3 aromatic rings. The molecule has 0 saturated heterocycles. The minimum atomic E-state index is -4.57. The van der Waals surface area contributed by atoms with Crippen LogP contribution in [0, 0.1) is 0 Å². The highest BCUT2D eigenvalue weighted by molar-refractivity contribution is 7.98. The third-order valence-corrected chi connectivity index (χ3v) is 4.94. The maximum Gasteiger partial charge on any atom is 0.418 e. The van der Waals surface area contributed by atoms with Gasteiger partial charge in [0.05, 0.1) is 11.3 Å². The Labute approximate surface area is 152 Å². The van der Waals surface area contributed by atoms with Gasteiger partial charge < -0.3 is 0 Å². The molecule has 0 saturated carbocycles. The summed E-state index contributed by atoms with van der Waals surface area (Å²) >= 11 is 1.22. The molecule has 1 N–H and O–H groups in total. The minimum absolute atomic E-state index is 0.192. The number of para-hydroxylation sites is 1. The Hall–Kier alpha value is -2.48. The van der Waals surface area contributed by atoms with Crippen LogP contribution in [-0.2, 0) is 18.3 Å². The molecule has 0 radical (unpaired) electrons. The van der Waals surface area contributed by atoms with Crippen molar-refractivity contribution < 1.29 is 13.2 Å². The molecule has 136 valence electrons. The Kier molecular flexibility index (Phi) is 5.22. The second kappa shape index (κ2) is 7.41. The summed E-state index contributed by atoms with van der Waals surface area (Å²) in [6, 6.07) is 12.8. The van der Waals surface area contributed by atoms with E-state index in [2.05, 4.69) is 10.2 Å². The van der Waals surface area contributed by atoms with Crippen LogP contribution in [0.4, 0.5) is 13.2 Å². The van der Waals surface area contributed by atoms with Crippen molar-refractivity contribution in [3.63, 3.8) is 0 Å². The summed E-state index contributed by atoms with van der Waals surface area (Å²) in [5, 5.41) is 6.35. The average Bonchev–Trinajstić information content (AvgIpc) is 3.00. The van der Waals surface area contributed by atoms with Crippen molar-refractivity contribution in [2.24, 2.45) is 0 Å². The number of nitrogens with zero attached hydrogens (tertiary/aromatic N) is 2. The molecular weight excluding hydrogens is 363 g/mol. The molecule has 1 heterocycles. The van der Waals surface area contributed by atoms with Crippen LogP contribution in [0.5, 0.6) is 0 Å². The highest BCUT2D eigenvalue weighted by Crippen LogP contribution is 2.34. The highest BCUT2D eigenvalue weighted by atomic mass is 32.2. The van der Waals surface area contributed by atoms with Crippen LogP contribution in [0.2, 0.25) is 0 Å². The van der Waals surface area contributed by atoms with Gasteiger partial charge in [-0.1, -0.05) is 55.1 Å². The smallest absolute Gasteiger partial charge is 0.246 e. The highest BCUT2D eigenvalue weighted by Gasteiger charge is 2.34. The van der Waals surface area contributed by atoms with Crippen LogP contribution in [0.15, 0.2) is 58.5 Å². The second-order valence-corrected chi connectivity index (χ2v) is 6.52. The predicted octanol–water partition coefficient (Wildman–Crippen LogP) is 4.43. The van der Waals surface area contributed by atoms with Crippen molar-refractivity contribution >= 4 is 11.8 Å². The molecule has 8 heteroatoms. The Morgan fingerprint density at radius 3 is 2.42 bits per heavy atom. The Bertz CT molecular complexity index is 963. The summed E-state index contributed by atoms with van der Waals surface area (Å²) < 4.78 is 40.9. The predicted molar refractivity (Wildman–Crippen MR) is 94.6 cm³/mol. The number of aromatic amines is 1. The third kappa shape index (κ3) is 3.70. The summed E-state index contributed by atoms with van der Waals surface area (Å²) in [5.74, 6) is 0.502. The number of hydrogen-bond acceptors (Lipinski definition) is 3. The number of alkyl halides is 3. The number of thioether (sulfide) groups is 1. The van der Waals surface area contributed by atoms with Crippen LogP contribution < -0.4 is 5.69 Å². The first kappa shape index (κ1) is 18.3. The summed E-state index contributed by atoms with van der Waals surface area (Å²) in [5.41, 5.74) is 0.406. The topological polar surface area (TPSA) is 50.7 Å². The van der Waals surface area contributed by atoms with Gasteiger partial charge in [0.25, 0.3) is 0 Å². The zero-order valence-electron chi connectivity index (χ0n) is 13.9. The van der Waals surface area contributed by atoms with Gasteiger partial charge in [0.2, 0.25) is 0 Å². The van der Waals surface area contributed by atoms with Crippen LogP contribution in [-0.4, -0.2) is 14.8 Å². The van der Waals surface area contributed by atoms with Crippen LogP contribution in [0.1, 0.15) is 23.6 Å². The molecule has 0 bridgehead atoms. The van der Waals surface area contributed by atoms with Gasteiger partial charge >= 0.3 is 11.9 Å². The Morgan fingerprint density at radius 1 is 1.08 bits per heavy atom. The van der Waals surface area contributed by atoms with Gasteiger partial charge in [-0.3, -0.25) is 0 Å². The second-order valence-electron chi connectivity index (χ2n) is 5.57. The van der Waals surface area contributed by atoms with E-state index in [1.807, 2.05) is 31.2 Å². The quantitative estimate of drug-likeness (QED) is 0.667. The number of halogens is 3. The van der Waals surface area contributed by atoms with Gasteiger partial charge in [-0.25, -0.2) is 14.5 Å². The monoisotopic (exact) mass is 379 g/mol. The fraction of sp³-hybridized carbons (Fsp3) is 0.222. The van der Waals surface area contributed by atoms with Gasteiger partial charge in [0.15, 0.2) is 5.16 Å².